The van der Waals surface area contributed by atoms with Crippen molar-refractivity contribution in [3.05, 3.63) is 35.0 Å². The minimum Gasteiger partial charge on any atom is -0.361 e. The van der Waals surface area contributed by atoms with Crippen LogP contribution in [-0.2, 0) is 11.2 Å². The molecule has 6 heteroatoms. The molecule has 1 atom stereocenters. The van der Waals surface area contributed by atoms with Gasteiger partial charge in [-0.1, -0.05) is 5.16 Å². The van der Waals surface area contributed by atoms with Crippen LogP contribution in [-0.4, -0.2) is 38.8 Å². The van der Waals surface area contributed by atoms with E-state index in [0.29, 0.717) is 12.3 Å². The fourth-order valence-electron chi connectivity index (χ4n) is 2.94. The first-order valence-corrected chi connectivity index (χ1v) is 7.25. The van der Waals surface area contributed by atoms with E-state index in [-0.39, 0.29) is 18.4 Å². The topological polar surface area (TPSA) is 64.2 Å². The maximum absolute atomic E-state index is 12.3. The third-order valence-corrected chi connectivity index (χ3v) is 3.91. The lowest BCUT2D eigenvalue weighted by atomic mass is 10.2. The molecule has 1 unspecified atom stereocenters. The van der Waals surface area contributed by atoms with Crippen molar-refractivity contribution in [1.82, 2.24) is 19.8 Å². The van der Waals surface area contributed by atoms with Crippen molar-refractivity contribution in [2.24, 2.45) is 0 Å². The molecule has 0 bridgehead atoms. The van der Waals surface area contributed by atoms with Crippen LogP contribution in [0.1, 0.15) is 35.3 Å². The fourth-order valence-corrected chi connectivity index (χ4v) is 2.94. The molecule has 0 N–H and O–H groups in total. The molecule has 1 aliphatic rings. The minimum atomic E-state index is 0.0928. The van der Waals surface area contributed by atoms with Crippen molar-refractivity contribution < 1.29 is 9.32 Å². The largest absolute Gasteiger partial charge is 0.361 e. The van der Waals surface area contributed by atoms with Gasteiger partial charge in [0.25, 0.3) is 0 Å². The first kappa shape index (κ1) is 13.9. The van der Waals surface area contributed by atoms with Crippen LogP contribution < -0.4 is 0 Å². The van der Waals surface area contributed by atoms with Crippen LogP contribution in [0.3, 0.4) is 0 Å². The van der Waals surface area contributed by atoms with Gasteiger partial charge in [-0.05, 0) is 33.3 Å². The summed E-state index contributed by atoms with van der Waals surface area (Å²) in [5.41, 5.74) is 2.98. The molecule has 1 aliphatic heterocycles. The van der Waals surface area contributed by atoms with E-state index >= 15 is 0 Å². The smallest absolute Gasteiger partial charge is 0.230 e. The van der Waals surface area contributed by atoms with Gasteiger partial charge in [-0.3, -0.25) is 9.48 Å². The summed E-state index contributed by atoms with van der Waals surface area (Å²) in [7, 11) is 0. The average molecular weight is 288 g/mol. The molecule has 1 saturated heterocycles. The number of nitrogens with zero attached hydrogens (tertiary/aromatic N) is 4. The number of carbonyl (C=O) groups excluding carboxylic acids is 1. The number of aryl methyl sites for hydroxylation is 3. The monoisotopic (exact) mass is 288 g/mol. The lowest BCUT2D eigenvalue weighted by molar-refractivity contribution is -0.129. The average Bonchev–Trinajstić information content (AvgIpc) is 3.10. The van der Waals surface area contributed by atoms with Crippen molar-refractivity contribution in [1.29, 1.82) is 0 Å². The number of hydrogen-bond acceptors (Lipinski definition) is 4. The zero-order chi connectivity index (χ0) is 15.0. The Morgan fingerprint density at radius 1 is 1.33 bits per heavy atom. The van der Waals surface area contributed by atoms with Gasteiger partial charge < -0.3 is 9.42 Å². The SMILES string of the molecule is Cc1cc(CC(=O)N2CCC(n3nc(C)cc3C)C2)on1. The van der Waals surface area contributed by atoms with Crippen LogP contribution in [0.15, 0.2) is 16.7 Å². The van der Waals surface area contributed by atoms with Crippen LogP contribution in [0.5, 0.6) is 0 Å². The highest BCUT2D eigenvalue weighted by atomic mass is 16.5. The summed E-state index contributed by atoms with van der Waals surface area (Å²) < 4.78 is 7.16. The first-order valence-electron chi connectivity index (χ1n) is 7.25. The van der Waals surface area contributed by atoms with Gasteiger partial charge in [0, 0.05) is 24.8 Å². The molecule has 6 nitrogen and oxygen atoms in total. The fraction of sp³-hybridized carbons (Fsp3) is 0.533. The Balaban J connectivity index is 1.64. The van der Waals surface area contributed by atoms with Gasteiger partial charge in [-0.15, -0.1) is 0 Å². The Kier molecular flexibility index (Phi) is 3.53. The molecule has 112 valence electrons. The predicted molar refractivity (Wildman–Crippen MR) is 76.9 cm³/mol. The second kappa shape index (κ2) is 5.35. The molecular formula is C15H20N4O2. The van der Waals surface area contributed by atoms with Gasteiger partial charge >= 0.3 is 0 Å². The van der Waals surface area contributed by atoms with E-state index in [4.69, 9.17) is 4.52 Å². The molecule has 0 saturated carbocycles. The first-order chi connectivity index (χ1) is 10.0. The minimum absolute atomic E-state index is 0.0928. The number of carbonyl (C=O) groups is 1. The maximum atomic E-state index is 12.3. The highest BCUT2D eigenvalue weighted by Crippen LogP contribution is 2.23. The molecule has 0 spiro atoms. The summed E-state index contributed by atoms with van der Waals surface area (Å²) in [6, 6.07) is 4.16. The summed E-state index contributed by atoms with van der Waals surface area (Å²) >= 11 is 0. The molecule has 3 heterocycles. The van der Waals surface area contributed by atoms with Gasteiger partial charge in [-0.25, -0.2) is 0 Å². The number of likely N-dealkylation sites (tertiary alicyclic amines) is 1. The van der Waals surface area contributed by atoms with Gasteiger partial charge in [0.2, 0.25) is 5.91 Å². The summed E-state index contributed by atoms with van der Waals surface area (Å²) in [6.45, 7) is 7.39. The lowest BCUT2D eigenvalue weighted by Gasteiger charge is -2.16. The summed E-state index contributed by atoms with van der Waals surface area (Å²) in [5, 5.41) is 8.34. The lowest BCUT2D eigenvalue weighted by Crippen LogP contribution is -2.30. The molecule has 2 aromatic heterocycles. The molecule has 1 amide bonds. The van der Waals surface area contributed by atoms with Crippen LogP contribution in [0.4, 0.5) is 0 Å². The normalized spacial score (nSPS) is 18.4. The molecule has 3 rings (SSSR count). The summed E-state index contributed by atoms with van der Waals surface area (Å²) in [5.74, 6) is 0.724. The Bertz CT molecular complexity index is 658. The molecule has 2 aromatic rings. The van der Waals surface area contributed by atoms with E-state index in [0.717, 1.165) is 30.0 Å². The van der Waals surface area contributed by atoms with Gasteiger partial charge in [-0.2, -0.15) is 5.10 Å². The zero-order valence-corrected chi connectivity index (χ0v) is 12.7. The molecular weight excluding hydrogens is 268 g/mol. The van der Waals surface area contributed by atoms with Crippen LogP contribution in [0.2, 0.25) is 0 Å². The Hall–Kier alpha value is -2.11. The summed E-state index contributed by atoms with van der Waals surface area (Å²) in [6.07, 6.45) is 1.23. The van der Waals surface area contributed by atoms with Gasteiger partial charge in [0.1, 0.15) is 5.76 Å². The number of aromatic nitrogens is 3. The molecule has 1 fully saturated rings. The highest BCUT2D eigenvalue weighted by Gasteiger charge is 2.29. The number of hydrogen-bond donors (Lipinski definition) is 0. The molecule has 0 aliphatic carbocycles. The highest BCUT2D eigenvalue weighted by molar-refractivity contribution is 5.78. The maximum Gasteiger partial charge on any atom is 0.230 e. The van der Waals surface area contributed by atoms with Crippen molar-refractivity contribution in [2.45, 2.75) is 39.7 Å². The van der Waals surface area contributed by atoms with Crippen LogP contribution in [0, 0.1) is 20.8 Å². The Labute approximate surface area is 123 Å². The molecule has 0 aromatic carbocycles. The van der Waals surface area contributed by atoms with E-state index < -0.39 is 0 Å². The van der Waals surface area contributed by atoms with Gasteiger partial charge in [0.05, 0.1) is 23.9 Å². The third kappa shape index (κ3) is 2.84. The van der Waals surface area contributed by atoms with Crippen molar-refractivity contribution in [3.63, 3.8) is 0 Å². The molecule has 21 heavy (non-hydrogen) atoms. The van der Waals surface area contributed by atoms with Crippen LogP contribution in [0.25, 0.3) is 0 Å². The van der Waals surface area contributed by atoms with E-state index in [1.165, 1.54) is 0 Å². The van der Waals surface area contributed by atoms with Crippen LogP contribution >= 0.6 is 0 Å². The zero-order valence-electron chi connectivity index (χ0n) is 12.7. The van der Waals surface area contributed by atoms with Crippen molar-refractivity contribution in [2.75, 3.05) is 13.1 Å². The number of amides is 1. The van der Waals surface area contributed by atoms with Gasteiger partial charge in [0.15, 0.2) is 0 Å². The second-order valence-corrected chi connectivity index (χ2v) is 5.77. The quantitative estimate of drug-likeness (QED) is 0.864. The van der Waals surface area contributed by atoms with E-state index in [1.807, 2.05) is 29.5 Å². The van der Waals surface area contributed by atoms with Crippen molar-refractivity contribution >= 4 is 5.91 Å². The standard InChI is InChI=1S/C15H20N4O2/c1-10-6-12(3)19(16-10)13-4-5-18(9-13)15(20)8-14-7-11(2)17-21-14/h6-7,13H,4-5,8-9H2,1-3H3. The Morgan fingerprint density at radius 3 is 2.76 bits per heavy atom. The van der Waals surface area contributed by atoms with E-state index in [2.05, 4.69) is 23.2 Å². The Morgan fingerprint density at radius 2 is 2.14 bits per heavy atom. The van der Waals surface area contributed by atoms with E-state index in [9.17, 15) is 4.79 Å². The number of rotatable bonds is 3. The third-order valence-electron chi connectivity index (χ3n) is 3.91. The van der Waals surface area contributed by atoms with E-state index in [1.54, 1.807) is 0 Å². The predicted octanol–water partition coefficient (Wildman–Crippen LogP) is 1.81. The van der Waals surface area contributed by atoms with Crippen molar-refractivity contribution in [3.8, 4) is 0 Å². The summed E-state index contributed by atoms with van der Waals surface area (Å²) in [4.78, 5) is 14.2. The molecule has 0 radical (unpaired) electrons. The second-order valence-electron chi connectivity index (χ2n) is 5.77.